The Kier molecular flexibility index (Phi) is 5.76. The molecule has 9 heteroatoms. The molecule has 8 nitrogen and oxygen atoms in total. The number of nitrogens with one attached hydrogen (secondary N) is 2. The summed E-state index contributed by atoms with van der Waals surface area (Å²) in [6.07, 6.45) is 0. The first-order valence-electron chi connectivity index (χ1n) is 8.94. The molecule has 0 unspecified atom stereocenters. The second-order valence-electron chi connectivity index (χ2n) is 6.64. The first-order valence-corrected chi connectivity index (χ1v) is 10.4. The molecule has 148 valence electrons. The van der Waals surface area contributed by atoms with Crippen LogP contribution < -0.4 is 10.0 Å². The predicted molar refractivity (Wildman–Crippen MR) is 108 cm³/mol. The molecule has 0 atom stereocenters. The van der Waals surface area contributed by atoms with Crippen LogP contribution in [0.15, 0.2) is 41.3 Å². The number of rotatable bonds is 7. The zero-order valence-electron chi connectivity index (χ0n) is 16.4. The highest BCUT2D eigenvalue weighted by atomic mass is 32.2. The summed E-state index contributed by atoms with van der Waals surface area (Å²) in [5.41, 5.74) is 2.79. The summed E-state index contributed by atoms with van der Waals surface area (Å²) in [4.78, 5) is 9.05. The molecule has 0 amide bonds. The first kappa shape index (κ1) is 20.0. The van der Waals surface area contributed by atoms with Gasteiger partial charge in [0.25, 0.3) is 0 Å². The van der Waals surface area contributed by atoms with E-state index >= 15 is 0 Å². The van der Waals surface area contributed by atoms with Crippen LogP contribution in [0.1, 0.15) is 22.8 Å². The topological polar surface area (TPSA) is 102 Å². The SMILES string of the molecule is Cc1cccc(S(=O)(=O)NCCNc2cc(-n3nc(C)cc3C)nc(C)n2)c1. The fraction of sp³-hybridized carbons (Fsp3) is 0.316. The van der Waals surface area contributed by atoms with Crippen molar-refractivity contribution >= 4 is 15.8 Å². The molecule has 0 saturated carbocycles. The smallest absolute Gasteiger partial charge is 0.240 e. The molecule has 2 aromatic heterocycles. The number of nitrogens with zero attached hydrogens (tertiary/aromatic N) is 4. The minimum Gasteiger partial charge on any atom is -0.369 e. The minimum atomic E-state index is -3.54. The molecule has 3 rings (SSSR count). The van der Waals surface area contributed by atoms with Gasteiger partial charge in [-0.3, -0.25) is 0 Å². The van der Waals surface area contributed by atoms with Crippen LogP contribution in [0.3, 0.4) is 0 Å². The van der Waals surface area contributed by atoms with Crippen molar-refractivity contribution < 1.29 is 8.42 Å². The lowest BCUT2D eigenvalue weighted by Gasteiger charge is -2.11. The second kappa shape index (κ2) is 8.07. The van der Waals surface area contributed by atoms with Gasteiger partial charge in [0.2, 0.25) is 10.0 Å². The van der Waals surface area contributed by atoms with Gasteiger partial charge >= 0.3 is 0 Å². The van der Waals surface area contributed by atoms with E-state index in [0.29, 0.717) is 24.0 Å². The van der Waals surface area contributed by atoms with Crippen molar-refractivity contribution in [3.63, 3.8) is 0 Å². The molecule has 0 fully saturated rings. The van der Waals surface area contributed by atoms with Crippen LogP contribution in [0.2, 0.25) is 0 Å². The van der Waals surface area contributed by atoms with E-state index < -0.39 is 10.0 Å². The highest BCUT2D eigenvalue weighted by molar-refractivity contribution is 7.89. The lowest BCUT2D eigenvalue weighted by atomic mass is 10.2. The number of benzene rings is 1. The number of sulfonamides is 1. The molecular weight excluding hydrogens is 376 g/mol. The summed E-state index contributed by atoms with van der Waals surface area (Å²) in [6.45, 7) is 8.17. The van der Waals surface area contributed by atoms with Crippen LogP contribution in [0.4, 0.5) is 5.82 Å². The molecule has 0 aliphatic carbocycles. The van der Waals surface area contributed by atoms with Gasteiger partial charge in [-0.2, -0.15) is 5.10 Å². The standard InChI is InChI=1S/C19H24N6O2S/c1-13-6-5-7-17(10-13)28(26,27)21-9-8-20-18-12-19(23-16(4)22-18)25-15(3)11-14(2)24-25/h5-7,10-12,21H,8-9H2,1-4H3,(H,20,22,23). The molecule has 1 aromatic carbocycles. The van der Waals surface area contributed by atoms with E-state index in [1.807, 2.05) is 32.9 Å². The van der Waals surface area contributed by atoms with Gasteiger partial charge in [-0.05, 0) is 51.5 Å². The van der Waals surface area contributed by atoms with E-state index in [9.17, 15) is 8.42 Å². The molecule has 0 aliphatic rings. The van der Waals surface area contributed by atoms with Crippen LogP contribution in [0.25, 0.3) is 5.82 Å². The molecular formula is C19H24N6O2S. The van der Waals surface area contributed by atoms with Gasteiger partial charge in [-0.15, -0.1) is 0 Å². The van der Waals surface area contributed by atoms with Crippen molar-refractivity contribution in [2.45, 2.75) is 32.6 Å². The Morgan fingerprint density at radius 2 is 1.79 bits per heavy atom. The van der Waals surface area contributed by atoms with Crippen molar-refractivity contribution in [1.82, 2.24) is 24.5 Å². The Hall–Kier alpha value is -2.78. The van der Waals surface area contributed by atoms with Crippen LogP contribution in [-0.4, -0.2) is 41.3 Å². The molecule has 0 bridgehead atoms. The van der Waals surface area contributed by atoms with Crippen molar-refractivity contribution in [1.29, 1.82) is 0 Å². The Labute approximate surface area is 165 Å². The average Bonchev–Trinajstić information content (AvgIpc) is 2.97. The Bertz CT molecular complexity index is 1090. The van der Waals surface area contributed by atoms with Gasteiger partial charge < -0.3 is 5.32 Å². The van der Waals surface area contributed by atoms with E-state index in [0.717, 1.165) is 17.0 Å². The van der Waals surface area contributed by atoms with Crippen molar-refractivity contribution in [2.24, 2.45) is 0 Å². The Morgan fingerprint density at radius 3 is 2.46 bits per heavy atom. The summed E-state index contributed by atoms with van der Waals surface area (Å²) in [6, 6.07) is 10.6. The maximum atomic E-state index is 12.4. The zero-order valence-corrected chi connectivity index (χ0v) is 17.2. The summed E-state index contributed by atoms with van der Waals surface area (Å²) in [5, 5.41) is 7.58. The van der Waals surface area contributed by atoms with Crippen molar-refractivity contribution in [3.8, 4) is 5.82 Å². The maximum Gasteiger partial charge on any atom is 0.240 e. The van der Waals surface area contributed by atoms with Crippen LogP contribution in [-0.2, 0) is 10.0 Å². The maximum absolute atomic E-state index is 12.4. The van der Waals surface area contributed by atoms with E-state index in [4.69, 9.17) is 0 Å². The van der Waals surface area contributed by atoms with Crippen molar-refractivity contribution in [2.75, 3.05) is 18.4 Å². The highest BCUT2D eigenvalue weighted by Crippen LogP contribution is 2.14. The number of anilines is 1. The number of aryl methyl sites for hydroxylation is 4. The number of hydrogen-bond acceptors (Lipinski definition) is 6. The highest BCUT2D eigenvalue weighted by Gasteiger charge is 2.13. The second-order valence-corrected chi connectivity index (χ2v) is 8.41. The molecule has 0 spiro atoms. The third kappa shape index (κ3) is 4.73. The average molecular weight is 401 g/mol. The normalized spacial score (nSPS) is 11.6. The fourth-order valence-electron chi connectivity index (χ4n) is 2.85. The van der Waals surface area contributed by atoms with Gasteiger partial charge in [-0.1, -0.05) is 12.1 Å². The Balaban J connectivity index is 1.64. The van der Waals surface area contributed by atoms with E-state index in [1.54, 1.807) is 35.9 Å². The molecule has 2 N–H and O–H groups in total. The summed E-state index contributed by atoms with van der Waals surface area (Å²) in [7, 11) is -3.54. The van der Waals surface area contributed by atoms with E-state index in [1.165, 1.54) is 0 Å². The van der Waals surface area contributed by atoms with Gasteiger partial charge in [0.15, 0.2) is 5.82 Å². The summed E-state index contributed by atoms with van der Waals surface area (Å²) >= 11 is 0. The first-order chi connectivity index (χ1) is 13.2. The van der Waals surface area contributed by atoms with Crippen LogP contribution in [0, 0.1) is 27.7 Å². The monoisotopic (exact) mass is 400 g/mol. The Morgan fingerprint density at radius 1 is 1.00 bits per heavy atom. The third-order valence-electron chi connectivity index (χ3n) is 4.07. The minimum absolute atomic E-state index is 0.231. The van der Waals surface area contributed by atoms with Gasteiger partial charge in [0.1, 0.15) is 11.6 Å². The predicted octanol–water partition coefficient (Wildman–Crippen LogP) is 2.29. The zero-order chi connectivity index (χ0) is 20.3. The van der Waals surface area contributed by atoms with E-state index in [2.05, 4.69) is 25.1 Å². The molecule has 0 aliphatic heterocycles. The van der Waals surface area contributed by atoms with Gasteiger partial charge in [-0.25, -0.2) is 27.8 Å². The number of hydrogen-bond donors (Lipinski definition) is 2. The number of aromatic nitrogens is 4. The van der Waals surface area contributed by atoms with Gasteiger partial charge in [0, 0.05) is 24.8 Å². The summed E-state index contributed by atoms with van der Waals surface area (Å²) in [5.74, 6) is 1.89. The fourth-order valence-corrected chi connectivity index (χ4v) is 3.99. The van der Waals surface area contributed by atoms with E-state index in [-0.39, 0.29) is 11.4 Å². The molecule has 0 saturated heterocycles. The third-order valence-corrected chi connectivity index (χ3v) is 5.53. The van der Waals surface area contributed by atoms with Gasteiger partial charge in [0.05, 0.1) is 10.6 Å². The molecule has 2 heterocycles. The largest absolute Gasteiger partial charge is 0.369 e. The lowest BCUT2D eigenvalue weighted by molar-refractivity contribution is 0.582. The quantitative estimate of drug-likeness (QED) is 0.590. The lowest BCUT2D eigenvalue weighted by Crippen LogP contribution is -2.29. The van der Waals surface area contributed by atoms with Crippen LogP contribution >= 0.6 is 0 Å². The molecule has 0 radical (unpaired) electrons. The molecule has 28 heavy (non-hydrogen) atoms. The van der Waals surface area contributed by atoms with Crippen molar-refractivity contribution in [3.05, 3.63) is 59.2 Å². The van der Waals surface area contributed by atoms with Crippen LogP contribution in [0.5, 0.6) is 0 Å². The summed E-state index contributed by atoms with van der Waals surface area (Å²) < 4.78 is 29.1. The molecule has 3 aromatic rings.